The zero-order valence-corrected chi connectivity index (χ0v) is 12.9. The molecule has 4 aliphatic rings. The van der Waals surface area contributed by atoms with Gasteiger partial charge in [0, 0.05) is 17.0 Å². The van der Waals surface area contributed by atoms with Gasteiger partial charge in [0.05, 0.1) is 10.9 Å². The van der Waals surface area contributed by atoms with Crippen molar-refractivity contribution in [2.75, 3.05) is 0 Å². The van der Waals surface area contributed by atoms with Gasteiger partial charge in [0.1, 0.15) is 17.1 Å². The molecule has 2 aliphatic heterocycles. The summed E-state index contributed by atoms with van der Waals surface area (Å²) in [5.41, 5.74) is 0.815. The third kappa shape index (κ3) is 1.67. The molecule has 3 heterocycles. The lowest BCUT2D eigenvalue weighted by molar-refractivity contribution is 0.150. The fraction of sp³-hybridized carbons (Fsp3) is 0.529. The molecule has 2 fully saturated rings. The Hall–Kier alpha value is -1.42. The van der Waals surface area contributed by atoms with Crippen LogP contribution in [0.15, 0.2) is 12.1 Å². The molecular formula is C17H17ClFN3. The Balaban J connectivity index is 1.87. The van der Waals surface area contributed by atoms with E-state index in [1.54, 1.807) is 6.07 Å². The predicted octanol–water partition coefficient (Wildman–Crippen LogP) is 4.16. The number of aromatic nitrogens is 2. The summed E-state index contributed by atoms with van der Waals surface area (Å²) < 4.78 is 16.4. The van der Waals surface area contributed by atoms with Crippen LogP contribution in [0.5, 0.6) is 0 Å². The second-order valence-corrected chi connectivity index (χ2v) is 7.67. The first kappa shape index (κ1) is 13.1. The Kier molecular flexibility index (Phi) is 2.56. The average molecular weight is 318 g/mol. The molecule has 6 rings (SSSR count). The quantitative estimate of drug-likeness (QED) is 0.779. The van der Waals surface area contributed by atoms with Gasteiger partial charge in [0.2, 0.25) is 0 Å². The molecule has 0 saturated heterocycles. The maximum absolute atomic E-state index is 14.4. The number of hydrogen-bond acceptors (Lipinski definition) is 2. The van der Waals surface area contributed by atoms with Crippen LogP contribution in [0.25, 0.3) is 10.9 Å². The van der Waals surface area contributed by atoms with E-state index in [0.29, 0.717) is 27.9 Å². The molecule has 2 saturated carbocycles. The van der Waals surface area contributed by atoms with E-state index < -0.39 is 5.82 Å². The number of nitrogens with one attached hydrogen (secondary N) is 1. The average Bonchev–Trinajstić information content (AvgIpc) is 2.60. The van der Waals surface area contributed by atoms with E-state index in [1.165, 1.54) is 25.3 Å². The molecule has 4 bridgehead atoms. The van der Waals surface area contributed by atoms with Crippen molar-refractivity contribution in [3.05, 3.63) is 34.3 Å². The highest BCUT2D eigenvalue weighted by atomic mass is 35.5. The summed E-state index contributed by atoms with van der Waals surface area (Å²) in [6.45, 7) is 0. The molecule has 0 radical (unpaired) electrons. The molecule has 1 aromatic carbocycles. The fourth-order valence-corrected chi connectivity index (χ4v) is 5.39. The topological polar surface area (TPSA) is 41.7 Å². The minimum absolute atomic E-state index is 0.285. The highest BCUT2D eigenvalue weighted by molar-refractivity contribution is 6.31. The molecule has 2 aromatic rings. The summed E-state index contributed by atoms with van der Waals surface area (Å²) in [5, 5.41) is 9.26. The minimum Gasteiger partial charge on any atom is -0.311 e. The summed E-state index contributed by atoms with van der Waals surface area (Å²) in [6, 6.07) is 3.30. The highest BCUT2D eigenvalue weighted by Gasteiger charge is 2.43. The third-order valence-corrected chi connectivity index (χ3v) is 6.06. The first-order valence-electron chi connectivity index (χ1n) is 8.06. The van der Waals surface area contributed by atoms with Gasteiger partial charge >= 0.3 is 0 Å². The number of hydrogen-bond donors (Lipinski definition) is 1. The molecule has 5 heteroatoms. The number of halogens is 2. The Bertz CT molecular complexity index is 845. The maximum atomic E-state index is 14.4. The lowest BCUT2D eigenvalue weighted by atomic mass is 9.68. The van der Waals surface area contributed by atoms with E-state index in [9.17, 15) is 4.39 Å². The van der Waals surface area contributed by atoms with Crippen LogP contribution >= 0.6 is 11.6 Å². The van der Waals surface area contributed by atoms with E-state index in [0.717, 1.165) is 30.5 Å². The molecular weight excluding hydrogens is 301 g/mol. The van der Waals surface area contributed by atoms with Crippen molar-refractivity contribution in [2.24, 2.45) is 11.8 Å². The van der Waals surface area contributed by atoms with Crippen molar-refractivity contribution in [1.29, 1.82) is 5.41 Å². The molecule has 114 valence electrons. The SMILES string of the molecule is N=c1c2c(F)cc(Cl)cc2nc2n1C1CC3CC(CC2C3)C1. The van der Waals surface area contributed by atoms with Crippen molar-refractivity contribution in [1.82, 2.24) is 9.55 Å². The van der Waals surface area contributed by atoms with Crippen LogP contribution in [0.4, 0.5) is 4.39 Å². The number of fused-ring (bicyclic) bond motifs is 1. The third-order valence-electron chi connectivity index (χ3n) is 5.84. The number of benzene rings is 1. The zero-order chi connectivity index (χ0) is 15.0. The van der Waals surface area contributed by atoms with Crippen LogP contribution in [0.3, 0.4) is 0 Å². The fourth-order valence-electron chi connectivity index (χ4n) is 5.19. The van der Waals surface area contributed by atoms with Crippen LogP contribution < -0.4 is 5.49 Å². The molecule has 2 unspecified atom stereocenters. The lowest BCUT2D eigenvalue weighted by Crippen LogP contribution is -2.31. The summed E-state index contributed by atoms with van der Waals surface area (Å²) >= 11 is 5.99. The van der Waals surface area contributed by atoms with Gasteiger partial charge in [-0.1, -0.05) is 11.6 Å². The van der Waals surface area contributed by atoms with E-state index in [1.807, 2.05) is 4.57 Å². The van der Waals surface area contributed by atoms with Crippen LogP contribution in [0.1, 0.15) is 49.9 Å². The lowest BCUT2D eigenvalue weighted by Gasteiger charge is -2.37. The molecule has 3 nitrogen and oxygen atoms in total. The first-order valence-corrected chi connectivity index (χ1v) is 8.43. The predicted molar refractivity (Wildman–Crippen MR) is 82.4 cm³/mol. The summed E-state index contributed by atoms with van der Waals surface area (Å²) in [4.78, 5) is 4.77. The van der Waals surface area contributed by atoms with Crippen LogP contribution in [-0.2, 0) is 0 Å². The van der Waals surface area contributed by atoms with Crippen molar-refractivity contribution < 1.29 is 4.39 Å². The smallest absolute Gasteiger partial charge is 0.138 e. The normalized spacial score (nSPS) is 32.3. The van der Waals surface area contributed by atoms with E-state index in [2.05, 4.69) is 0 Å². The van der Waals surface area contributed by atoms with Gasteiger partial charge in [0.25, 0.3) is 0 Å². The standard InChI is InChI=1S/C17H17ClFN3/c18-11-6-13(19)15-14(7-11)21-17-10-2-8-1-9(3-10)5-12(4-8)22(17)16(15)20/h6-10,12,20H,1-5H2. The van der Waals surface area contributed by atoms with E-state index in [-0.39, 0.29) is 5.49 Å². The monoisotopic (exact) mass is 317 g/mol. The van der Waals surface area contributed by atoms with Crippen molar-refractivity contribution >= 4 is 22.5 Å². The molecule has 2 atom stereocenters. The second-order valence-electron chi connectivity index (χ2n) is 7.23. The van der Waals surface area contributed by atoms with Gasteiger partial charge in [-0.25, -0.2) is 9.37 Å². The van der Waals surface area contributed by atoms with Crippen LogP contribution in [-0.4, -0.2) is 9.55 Å². The van der Waals surface area contributed by atoms with Gasteiger partial charge in [-0.15, -0.1) is 0 Å². The van der Waals surface area contributed by atoms with Crippen LogP contribution in [0, 0.1) is 23.1 Å². The minimum atomic E-state index is -0.431. The Labute approximate surface area is 132 Å². The summed E-state index contributed by atoms with van der Waals surface area (Å²) in [5.74, 6) is 2.49. The highest BCUT2D eigenvalue weighted by Crippen LogP contribution is 2.52. The number of nitrogens with zero attached hydrogens (tertiary/aromatic N) is 2. The maximum Gasteiger partial charge on any atom is 0.138 e. The Morgan fingerprint density at radius 1 is 1.14 bits per heavy atom. The zero-order valence-electron chi connectivity index (χ0n) is 12.1. The van der Waals surface area contributed by atoms with Gasteiger partial charge in [-0.05, 0) is 56.1 Å². The van der Waals surface area contributed by atoms with E-state index >= 15 is 0 Å². The van der Waals surface area contributed by atoms with Gasteiger partial charge in [0.15, 0.2) is 0 Å². The van der Waals surface area contributed by atoms with Gasteiger partial charge in [-0.2, -0.15) is 0 Å². The van der Waals surface area contributed by atoms with Crippen molar-refractivity contribution in [3.8, 4) is 0 Å². The second kappa shape index (κ2) is 4.31. The molecule has 0 spiro atoms. The van der Waals surface area contributed by atoms with Gasteiger partial charge in [-0.3, -0.25) is 5.41 Å². The molecule has 22 heavy (non-hydrogen) atoms. The Morgan fingerprint density at radius 3 is 2.59 bits per heavy atom. The molecule has 0 amide bonds. The molecule has 2 aliphatic carbocycles. The summed E-state index contributed by atoms with van der Waals surface area (Å²) in [6.07, 6.45) is 5.93. The Morgan fingerprint density at radius 2 is 1.86 bits per heavy atom. The largest absolute Gasteiger partial charge is 0.311 e. The van der Waals surface area contributed by atoms with Gasteiger partial charge < -0.3 is 4.57 Å². The van der Waals surface area contributed by atoms with Crippen LogP contribution in [0.2, 0.25) is 5.02 Å². The van der Waals surface area contributed by atoms with Crippen molar-refractivity contribution in [3.63, 3.8) is 0 Å². The molecule has 1 aromatic heterocycles. The van der Waals surface area contributed by atoms with E-state index in [4.69, 9.17) is 22.0 Å². The molecule has 1 N–H and O–H groups in total. The first-order chi connectivity index (χ1) is 10.6. The van der Waals surface area contributed by atoms with Crippen molar-refractivity contribution in [2.45, 2.75) is 44.1 Å². The number of rotatable bonds is 0. The summed E-state index contributed by atoms with van der Waals surface area (Å²) in [7, 11) is 0.